The first-order valence-electron chi connectivity index (χ1n) is 5.95. The summed E-state index contributed by atoms with van der Waals surface area (Å²) in [6.45, 7) is -0.284. The number of benzene rings is 1. The van der Waals surface area contributed by atoms with E-state index in [-0.39, 0.29) is 19.1 Å². The Balaban J connectivity index is 2.40. The maximum absolute atomic E-state index is 11.5. The van der Waals surface area contributed by atoms with E-state index in [2.05, 4.69) is 21.2 Å². The van der Waals surface area contributed by atoms with Crippen LogP contribution in [0.5, 0.6) is 5.75 Å². The van der Waals surface area contributed by atoms with Crippen molar-refractivity contribution in [2.24, 2.45) is 0 Å². The van der Waals surface area contributed by atoms with E-state index in [4.69, 9.17) is 14.9 Å². The van der Waals surface area contributed by atoms with Crippen LogP contribution in [0.3, 0.4) is 0 Å². The Labute approximate surface area is 120 Å². The van der Waals surface area contributed by atoms with E-state index in [0.29, 0.717) is 12.8 Å². The molecule has 0 radical (unpaired) electrons. The molecule has 1 aromatic carbocycles. The second kappa shape index (κ2) is 8.14. The van der Waals surface area contributed by atoms with Crippen molar-refractivity contribution >= 4 is 21.8 Å². The number of aliphatic hydroxyl groups is 2. The van der Waals surface area contributed by atoms with Crippen molar-refractivity contribution in [2.75, 3.05) is 20.3 Å². The number of hydrogen-bond donors (Lipinski definition) is 3. The van der Waals surface area contributed by atoms with Crippen LogP contribution < -0.4 is 10.1 Å². The van der Waals surface area contributed by atoms with Crippen molar-refractivity contribution in [1.82, 2.24) is 5.32 Å². The number of rotatable bonds is 7. The van der Waals surface area contributed by atoms with E-state index >= 15 is 0 Å². The Morgan fingerprint density at radius 3 is 2.84 bits per heavy atom. The van der Waals surface area contributed by atoms with Crippen LogP contribution in [0.2, 0.25) is 0 Å². The zero-order valence-electron chi connectivity index (χ0n) is 10.7. The van der Waals surface area contributed by atoms with Gasteiger partial charge in [0.05, 0.1) is 24.3 Å². The number of carbonyl (C=O) groups is 1. The molecule has 6 heteroatoms. The number of ether oxygens (including phenoxy) is 1. The molecule has 0 saturated heterocycles. The largest absolute Gasteiger partial charge is 0.496 e. The highest BCUT2D eigenvalue weighted by molar-refractivity contribution is 9.10. The van der Waals surface area contributed by atoms with Gasteiger partial charge in [-0.3, -0.25) is 4.79 Å². The Morgan fingerprint density at radius 2 is 2.26 bits per heavy atom. The molecule has 5 nitrogen and oxygen atoms in total. The molecule has 106 valence electrons. The molecule has 3 N–H and O–H groups in total. The minimum Gasteiger partial charge on any atom is -0.496 e. The summed E-state index contributed by atoms with van der Waals surface area (Å²) in [6, 6.07) is 5.65. The van der Waals surface area contributed by atoms with Gasteiger partial charge < -0.3 is 20.3 Å². The van der Waals surface area contributed by atoms with E-state index in [9.17, 15) is 4.79 Å². The summed E-state index contributed by atoms with van der Waals surface area (Å²) in [7, 11) is 1.60. The molecule has 0 saturated carbocycles. The number of carbonyl (C=O) groups excluding carboxylic acids is 1. The number of aliphatic hydroxyl groups excluding tert-OH is 2. The molecule has 1 atom stereocenters. The third kappa shape index (κ3) is 5.59. The van der Waals surface area contributed by atoms with Crippen molar-refractivity contribution in [2.45, 2.75) is 18.9 Å². The molecule has 0 spiro atoms. The van der Waals surface area contributed by atoms with E-state index in [1.165, 1.54) is 0 Å². The first-order chi connectivity index (χ1) is 9.06. The number of nitrogens with one attached hydrogen (secondary N) is 1. The van der Waals surface area contributed by atoms with Gasteiger partial charge >= 0.3 is 0 Å². The third-order valence-corrected chi connectivity index (χ3v) is 3.22. The lowest BCUT2D eigenvalue weighted by atomic mass is 10.1. The first-order valence-corrected chi connectivity index (χ1v) is 6.74. The van der Waals surface area contributed by atoms with Crippen LogP contribution in [-0.4, -0.2) is 42.5 Å². The van der Waals surface area contributed by atoms with Gasteiger partial charge in [-0.2, -0.15) is 0 Å². The van der Waals surface area contributed by atoms with Crippen LogP contribution >= 0.6 is 15.9 Å². The SMILES string of the molecule is COc1ccc(CCC(=O)NCC(O)CO)cc1Br. The lowest BCUT2D eigenvalue weighted by Gasteiger charge is -2.09. The number of methoxy groups -OCH3 is 1. The average molecular weight is 332 g/mol. The van der Waals surface area contributed by atoms with E-state index in [1.807, 2.05) is 18.2 Å². The van der Waals surface area contributed by atoms with Crippen LogP contribution in [0, 0.1) is 0 Å². The monoisotopic (exact) mass is 331 g/mol. The minimum atomic E-state index is -0.904. The predicted octanol–water partition coefficient (Wildman–Crippen LogP) is 0.860. The summed E-state index contributed by atoms with van der Waals surface area (Å²) in [5.74, 6) is 0.596. The maximum atomic E-state index is 11.5. The van der Waals surface area contributed by atoms with E-state index in [1.54, 1.807) is 7.11 Å². The summed E-state index contributed by atoms with van der Waals surface area (Å²) in [5, 5.41) is 20.3. The van der Waals surface area contributed by atoms with Crippen molar-refractivity contribution < 1.29 is 19.7 Å². The van der Waals surface area contributed by atoms with Crippen LogP contribution in [0.4, 0.5) is 0 Å². The molecule has 0 fully saturated rings. The van der Waals surface area contributed by atoms with Gasteiger partial charge in [-0.15, -0.1) is 0 Å². The van der Waals surface area contributed by atoms with Crippen molar-refractivity contribution in [3.63, 3.8) is 0 Å². The van der Waals surface area contributed by atoms with Crippen LogP contribution in [-0.2, 0) is 11.2 Å². The van der Waals surface area contributed by atoms with Crippen LogP contribution in [0.1, 0.15) is 12.0 Å². The van der Waals surface area contributed by atoms with Crippen molar-refractivity contribution in [3.05, 3.63) is 28.2 Å². The van der Waals surface area contributed by atoms with Gasteiger partial charge in [0.1, 0.15) is 5.75 Å². The quantitative estimate of drug-likeness (QED) is 0.692. The highest BCUT2D eigenvalue weighted by atomic mass is 79.9. The molecule has 19 heavy (non-hydrogen) atoms. The van der Waals surface area contributed by atoms with Gasteiger partial charge in [0, 0.05) is 13.0 Å². The van der Waals surface area contributed by atoms with Gasteiger partial charge in [-0.05, 0) is 40.0 Å². The molecular formula is C13H18BrNO4. The zero-order chi connectivity index (χ0) is 14.3. The Bertz CT molecular complexity index is 425. The Morgan fingerprint density at radius 1 is 1.53 bits per heavy atom. The number of aryl methyl sites for hydroxylation is 1. The summed E-state index contributed by atoms with van der Waals surface area (Å²) in [4.78, 5) is 11.5. The Hall–Kier alpha value is -1.11. The lowest BCUT2D eigenvalue weighted by molar-refractivity contribution is -0.121. The third-order valence-electron chi connectivity index (χ3n) is 2.60. The normalized spacial score (nSPS) is 12.0. The fourth-order valence-corrected chi connectivity index (χ4v) is 2.10. The van der Waals surface area contributed by atoms with E-state index in [0.717, 1.165) is 15.8 Å². The average Bonchev–Trinajstić information content (AvgIpc) is 2.42. The molecule has 1 unspecified atom stereocenters. The number of hydrogen-bond acceptors (Lipinski definition) is 4. The van der Waals surface area contributed by atoms with E-state index < -0.39 is 6.10 Å². The van der Waals surface area contributed by atoms with Gasteiger partial charge in [0.2, 0.25) is 5.91 Å². The van der Waals surface area contributed by atoms with Gasteiger partial charge in [0.25, 0.3) is 0 Å². The van der Waals surface area contributed by atoms with Crippen molar-refractivity contribution in [1.29, 1.82) is 0 Å². The minimum absolute atomic E-state index is 0.0711. The van der Waals surface area contributed by atoms with Gasteiger partial charge in [-0.25, -0.2) is 0 Å². The molecule has 0 aliphatic heterocycles. The van der Waals surface area contributed by atoms with Crippen LogP contribution in [0.15, 0.2) is 22.7 Å². The summed E-state index contributed by atoms with van der Waals surface area (Å²) >= 11 is 3.39. The standard InChI is InChI=1S/C13H18BrNO4/c1-19-12-4-2-9(6-11(12)14)3-5-13(18)15-7-10(17)8-16/h2,4,6,10,16-17H,3,5,7-8H2,1H3,(H,15,18). The van der Waals surface area contributed by atoms with Gasteiger partial charge in [0.15, 0.2) is 0 Å². The second-order valence-corrected chi connectivity index (χ2v) is 4.96. The Kier molecular flexibility index (Phi) is 6.83. The fraction of sp³-hybridized carbons (Fsp3) is 0.462. The molecule has 1 aromatic rings. The molecule has 0 aromatic heterocycles. The summed E-state index contributed by atoms with van der Waals surface area (Å²) in [6.07, 6.45) is 0.0275. The zero-order valence-corrected chi connectivity index (χ0v) is 12.3. The smallest absolute Gasteiger partial charge is 0.220 e. The van der Waals surface area contributed by atoms with Crippen LogP contribution in [0.25, 0.3) is 0 Å². The predicted molar refractivity (Wildman–Crippen MR) is 75.1 cm³/mol. The molecule has 0 aliphatic rings. The fourth-order valence-electron chi connectivity index (χ4n) is 1.51. The number of amides is 1. The molecular weight excluding hydrogens is 314 g/mol. The molecule has 0 bridgehead atoms. The maximum Gasteiger partial charge on any atom is 0.220 e. The molecule has 0 heterocycles. The number of halogens is 1. The summed E-state index contributed by atoms with van der Waals surface area (Å²) in [5.41, 5.74) is 1.02. The molecule has 1 rings (SSSR count). The van der Waals surface area contributed by atoms with Crippen molar-refractivity contribution in [3.8, 4) is 5.75 Å². The summed E-state index contributed by atoms with van der Waals surface area (Å²) < 4.78 is 5.98. The lowest BCUT2D eigenvalue weighted by Crippen LogP contribution is -2.33. The highest BCUT2D eigenvalue weighted by Crippen LogP contribution is 2.25. The first kappa shape index (κ1) is 15.9. The van der Waals surface area contributed by atoms with Gasteiger partial charge in [-0.1, -0.05) is 6.07 Å². The molecule has 0 aliphatic carbocycles. The highest BCUT2D eigenvalue weighted by Gasteiger charge is 2.07. The molecule has 1 amide bonds. The topological polar surface area (TPSA) is 78.8 Å². The second-order valence-electron chi connectivity index (χ2n) is 4.11.